The van der Waals surface area contributed by atoms with Gasteiger partial charge in [-0.1, -0.05) is 32.6 Å². The van der Waals surface area contributed by atoms with E-state index in [9.17, 15) is 4.79 Å². The minimum atomic E-state index is -4.20. The van der Waals surface area contributed by atoms with E-state index in [0.29, 0.717) is 6.42 Å². The van der Waals surface area contributed by atoms with Crippen LogP contribution in [-0.2, 0) is 4.79 Å². The van der Waals surface area contributed by atoms with Gasteiger partial charge in [0.1, 0.15) is 0 Å². The molecule has 0 atom stereocenters. The Balaban J connectivity index is 3.38. The summed E-state index contributed by atoms with van der Waals surface area (Å²) in [7, 11) is -4.20. The predicted octanol–water partition coefficient (Wildman–Crippen LogP) is 1.61. The van der Waals surface area contributed by atoms with Crippen molar-refractivity contribution >= 4 is 13.5 Å². The molecule has 0 heterocycles. The molecule has 0 spiro atoms. The highest BCUT2D eigenvalue weighted by Crippen LogP contribution is 2.46. The molecule has 13 heavy (non-hydrogen) atoms. The molecule has 0 saturated carbocycles. The smallest absolute Gasteiger partial charge is 0.244 e. The van der Waals surface area contributed by atoms with Crippen molar-refractivity contribution in [3.63, 3.8) is 0 Å². The molecule has 0 bridgehead atoms. The first kappa shape index (κ1) is 13.0. The summed E-state index contributed by atoms with van der Waals surface area (Å²) in [5.74, 6) is 0. The minimum absolute atomic E-state index is 0.0704. The number of hydrogen-bond acceptors (Lipinski definition) is 4. The fraction of sp³-hybridized carbons (Fsp3) is 0.875. The van der Waals surface area contributed by atoms with Gasteiger partial charge in [-0.2, -0.15) is 14.7 Å². The lowest BCUT2D eigenvalue weighted by Gasteiger charge is -2.01. The third kappa shape index (κ3) is 7.08. The van der Waals surface area contributed by atoms with Crippen molar-refractivity contribution in [3.8, 4) is 0 Å². The van der Waals surface area contributed by atoms with Crippen LogP contribution in [0.4, 0.5) is 0 Å². The van der Waals surface area contributed by atoms with Crippen LogP contribution in [0.5, 0.6) is 0 Å². The Labute approximate surface area is 79.2 Å². The number of carbonyl (C=O) groups excluding carboxylic acids is 1. The topological polar surface area (TPSA) is 77.8 Å². The minimum Gasteiger partial charge on any atom is -0.244 e. The van der Waals surface area contributed by atoms with Gasteiger partial charge >= 0.3 is 13.5 Å². The van der Waals surface area contributed by atoms with Crippen LogP contribution in [0.1, 0.15) is 45.4 Å². The Kier molecular flexibility index (Phi) is 6.43. The van der Waals surface area contributed by atoms with E-state index in [2.05, 4.69) is 6.92 Å². The normalized spacial score (nSPS) is 11.7. The van der Waals surface area contributed by atoms with Crippen LogP contribution < -0.4 is 0 Å². The average molecular weight is 209 g/mol. The number of carbonyl (C=O) groups is 1. The predicted molar refractivity (Wildman–Crippen MR) is 52.0 cm³/mol. The highest BCUT2D eigenvalue weighted by atomic mass is 31.2. The van der Waals surface area contributed by atoms with Crippen LogP contribution in [0, 0.1) is 0 Å². The van der Waals surface area contributed by atoms with Gasteiger partial charge in [-0.05, 0) is 6.42 Å². The third-order valence-corrected chi connectivity index (χ3v) is 2.72. The van der Waals surface area contributed by atoms with E-state index in [4.69, 9.17) is 14.7 Å². The number of unbranched alkanes of at least 4 members (excludes halogenated alkanes) is 4. The second kappa shape index (κ2) is 6.44. The molecule has 0 aliphatic carbocycles. The third-order valence-electron chi connectivity index (χ3n) is 1.83. The lowest BCUT2D eigenvalue weighted by Crippen LogP contribution is -2.04. The quantitative estimate of drug-likeness (QED) is 0.439. The van der Waals surface area contributed by atoms with Crippen LogP contribution in [0.25, 0.3) is 0 Å². The molecule has 0 aliphatic rings. The maximum absolute atomic E-state index is 10.8. The van der Waals surface area contributed by atoms with Gasteiger partial charge in [-0.15, -0.1) is 0 Å². The van der Waals surface area contributed by atoms with Crippen molar-refractivity contribution in [2.45, 2.75) is 45.4 Å². The molecule has 0 rings (SSSR count). The van der Waals surface area contributed by atoms with E-state index in [1.807, 2.05) is 0 Å². The summed E-state index contributed by atoms with van der Waals surface area (Å²) in [5, 5.41) is 0. The van der Waals surface area contributed by atoms with E-state index in [1.165, 1.54) is 0 Å². The lowest BCUT2D eigenvalue weighted by atomic mass is 10.1. The van der Waals surface area contributed by atoms with Gasteiger partial charge in [0.05, 0.1) is 6.42 Å². The summed E-state index contributed by atoms with van der Waals surface area (Å²) < 4.78 is 0. The van der Waals surface area contributed by atoms with Crippen LogP contribution in [0.15, 0.2) is 0 Å². The summed E-state index contributed by atoms with van der Waals surface area (Å²) in [5.41, 5.74) is -0.816. The van der Waals surface area contributed by atoms with Gasteiger partial charge in [0, 0.05) is 0 Å². The van der Waals surface area contributed by atoms with Crippen molar-refractivity contribution in [2.75, 3.05) is 0 Å². The molecule has 0 aliphatic heterocycles. The Morgan fingerprint density at radius 3 is 2.08 bits per heavy atom. The summed E-state index contributed by atoms with van der Waals surface area (Å²) in [6.07, 6.45) is 4.91. The van der Waals surface area contributed by atoms with Crippen molar-refractivity contribution in [3.05, 3.63) is 0 Å². The monoisotopic (exact) mass is 209 g/mol. The van der Waals surface area contributed by atoms with Crippen LogP contribution in [0.3, 0.4) is 0 Å². The maximum Gasteiger partial charge on any atom is 0.478 e. The largest absolute Gasteiger partial charge is 0.478 e. The average Bonchev–Trinajstić information content (AvgIpc) is 2.02. The van der Waals surface area contributed by atoms with E-state index < -0.39 is 13.5 Å². The zero-order valence-corrected chi connectivity index (χ0v) is 8.83. The van der Waals surface area contributed by atoms with Gasteiger partial charge in [0.15, 0.2) is 0 Å². The molecule has 0 aromatic carbocycles. The summed E-state index contributed by atoms with van der Waals surface area (Å²) in [4.78, 5) is 36.5. The molecule has 0 aromatic rings. The second-order valence-electron chi connectivity index (χ2n) is 3.13. The number of hydrogen-bond donors (Lipinski definition) is 3. The number of rotatable bonds is 7. The molecular weight excluding hydrogens is 191 g/mol. The molecule has 0 aromatic heterocycles. The summed E-state index contributed by atoms with van der Waals surface area (Å²) in [6.45, 7) is 2.09. The zero-order chi connectivity index (χ0) is 10.3. The van der Waals surface area contributed by atoms with Crippen molar-refractivity contribution in [1.29, 1.82) is 0 Å². The highest BCUT2D eigenvalue weighted by Gasteiger charge is 2.41. The SMILES string of the molecule is CCCCCCCC(=O)[P+](O)(O)O. The van der Waals surface area contributed by atoms with Crippen LogP contribution >= 0.6 is 7.94 Å². The van der Waals surface area contributed by atoms with E-state index >= 15 is 0 Å². The van der Waals surface area contributed by atoms with Crippen molar-refractivity contribution < 1.29 is 19.5 Å². The first-order valence-electron chi connectivity index (χ1n) is 4.59. The van der Waals surface area contributed by atoms with Crippen LogP contribution in [-0.4, -0.2) is 20.2 Å². The first-order chi connectivity index (χ1) is 5.98. The summed E-state index contributed by atoms with van der Waals surface area (Å²) in [6, 6.07) is 0. The maximum atomic E-state index is 10.8. The lowest BCUT2D eigenvalue weighted by molar-refractivity contribution is -0.114. The van der Waals surface area contributed by atoms with Gasteiger partial charge in [-0.25, -0.2) is 4.79 Å². The molecule has 0 fully saturated rings. The molecule has 4 nitrogen and oxygen atoms in total. The van der Waals surface area contributed by atoms with Gasteiger partial charge < -0.3 is 0 Å². The Hall–Kier alpha value is -0.0200. The van der Waals surface area contributed by atoms with E-state index in [0.717, 1.165) is 25.7 Å². The zero-order valence-electron chi connectivity index (χ0n) is 7.94. The Bertz CT molecular complexity index is 153. The van der Waals surface area contributed by atoms with Gasteiger partial charge in [0.2, 0.25) is 0 Å². The molecular formula is C8H18O4P+. The highest BCUT2D eigenvalue weighted by molar-refractivity contribution is 7.76. The first-order valence-corrected chi connectivity index (χ1v) is 6.24. The van der Waals surface area contributed by atoms with Crippen molar-refractivity contribution in [2.24, 2.45) is 0 Å². The molecule has 0 saturated heterocycles. The van der Waals surface area contributed by atoms with Gasteiger partial charge in [0.25, 0.3) is 0 Å². The van der Waals surface area contributed by atoms with E-state index in [1.54, 1.807) is 0 Å². The molecule has 78 valence electrons. The second-order valence-corrected chi connectivity index (χ2v) is 4.76. The fourth-order valence-corrected chi connectivity index (χ4v) is 1.49. The molecule has 0 unspecified atom stereocenters. The fourth-order valence-electron chi connectivity index (χ4n) is 1.03. The molecule has 0 amide bonds. The Morgan fingerprint density at radius 1 is 1.08 bits per heavy atom. The van der Waals surface area contributed by atoms with Gasteiger partial charge in [-0.3, -0.25) is 0 Å². The Morgan fingerprint density at radius 2 is 1.62 bits per heavy atom. The molecule has 0 radical (unpaired) electrons. The van der Waals surface area contributed by atoms with E-state index in [-0.39, 0.29) is 6.42 Å². The summed E-state index contributed by atoms with van der Waals surface area (Å²) >= 11 is 0. The van der Waals surface area contributed by atoms with Crippen LogP contribution in [0.2, 0.25) is 0 Å². The molecule has 3 N–H and O–H groups in total. The standard InChI is InChI=1S/C8H18O4P/c1-2-3-4-5-6-7-8(9)13(10,11)12/h10-12H,2-7H2,1H3/q+1. The molecule has 5 heteroatoms. The van der Waals surface area contributed by atoms with Crippen molar-refractivity contribution in [1.82, 2.24) is 0 Å².